The second kappa shape index (κ2) is 5.77. The monoisotopic (exact) mass is 171 g/mol. The van der Waals surface area contributed by atoms with Crippen LogP contribution in [0.25, 0.3) is 0 Å². The third-order valence-corrected chi connectivity index (χ3v) is 1.46. The molecular weight excluding hydrogens is 154 g/mol. The van der Waals surface area contributed by atoms with Crippen molar-refractivity contribution in [2.24, 2.45) is 5.73 Å². The van der Waals surface area contributed by atoms with E-state index in [-0.39, 0.29) is 12.0 Å². The van der Waals surface area contributed by atoms with Crippen LogP contribution in [0.5, 0.6) is 0 Å². The molecule has 0 heterocycles. The molecule has 1 atom stereocenters. The van der Waals surface area contributed by atoms with Gasteiger partial charge in [-0.25, -0.2) is 0 Å². The highest BCUT2D eigenvalue weighted by Crippen LogP contribution is 1.99. The molecule has 3 nitrogen and oxygen atoms in total. The maximum atomic E-state index is 10.6. The van der Waals surface area contributed by atoms with Gasteiger partial charge in [-0.2, -0.15) is 0 Å². The Morgan fingerprint density at radius 2 is 2.25 bits per heavy atom. The number of primary amides is 1. The second-order valence-corrected chi connectivity index (χ2v) is 2.79. The number of hydrogen-bond acceptors (Lipinski definition) is 2. The lowest BCUT2D eigenvalue weighted by atomic mass is 10.2. The third-order valence-electron chi connectivity index (χ3n) is 1.46. The summed E-state index contributed by atoms with van der Waals surface area (Å²) in [5.41, 5.74) is 5.60. The van der Waals surface area contributed by atoms with Gasteiger partial charge >= 0.3 is 0 Å². The summed E-state index contributed by atoms with van der Waals surface area (Å²) < 4.78 is 5.33. The average molecular weight is 171 g/mol. The van der Waals surface area contributed by atoms with Gasteiger partial charge in [0.15, 0.2) is 0 Å². The number of nitrogens with two attached hydrogens (primary N) is 1. The predicted octanol–water partition coefficient (Wildman–Crippen LogP) is 1.23. The van der Waals surface area contributed by atoms with Crippen molar-refractivity contribution in [3.05, 3.63) is 11.6 Å². The summed E-state index contributed by atoms with van der Waals surface area (Å²) in [5, 5.41) is 0. The third kappa shape index (κ3) is 4.91. The molecule has 0 rings (SSSR count). The van der Waals surface area contributed by atoms with Gasteiger partial charge in [0.25, 0.3) is 0 Å². The van der Waals surface area contributed by atoms with E-state index in [9.17, 15) is 4.79 Å². The first-order chi connectivity index (χ1) is 5.57. The smallest absolute Gasteiger partial charge is 0.244 e. The Morgan fingerprint density at radius 1 is 1.67 bits per heavy atom. The molecule has 2 N–H and O–H groups in total. The Kier molecular flexibility index (Phi) is 5.37. The van der Waals surface area contributed by atoms with Gasteiger partial charge in [0, 0.05) is 12.2 Å². The SMILES string of the molecule is CCCOC(C)/C=C(\C)C(N)=O. The molecule has 0 aromatic heterocycles. The molecule has 0 spiro atoms. The molecule has 0 bridgehead atoms. The Morgan fingerprint density at radius 3 is 2.67 bits per heavy atom. The Bertz CT molecular complexity index is 175. The molecule has 0 aliphatic rings. The van der Waals surface area contributed by atoms with Crippen molar-refractivity contribution in [2.75, 3.05) is 6.61 Å². The molecule has 12 heavy (non-hydrogen) atoms. The van der Waals surface area contributed by atoms with E-state index in [4.69, 9.17) is 10.5 Å². The zero-order valence-electron chi connectivity index (χ0n) is 7.96. The fraction of sp³-hybridized carbons (Fsp3) is 0.667. The second-order valence-electron chi connectivity index (χ2n) is 2.79. The zero-order chi connectivity index (χ0) is 9.56. The van der Waals surface area contributed by atoms with Gasteiger partial charge in [-0.05, 0) is 26.3 Å². The van der Waals surface area contributed by atoms with Crippen LogP contribution in [0.2, 0.25) is 0 Å². The molecule has 0 aliphatic carbocycles. The fourth-order valence-electron chi connectivity index (χ4n) is 0.786. The first-order valence-electron chi connectivity index (χ1n) is 4.17. The minimum atomic E-state index is -0.387. The highest BCUT2D eigenvalue weighted by Gasteiger charge is 2.01. The standard InChI is InChI=1S/C9H17NO2/c1-4-5-12-8(3)6-7(2)9(10)11/h6,8H,4-5H2,1-3H3,(H2,10,11)/b7-6+. The normalized spacial score (nSPS) is 14.4. The van der Waals surface area contributed by atoms with Crippen LogP contribution in [-0.2, 0) is 9.53 Å². The molecule has 1 unspecified atom stereocenters. The summed E-state index contributed by atoms with van der Waals surface area (Å²) in [6.07, 6.45) is 2.68. The molecule has 0 aromatic rings. The molecule has 0 saturated carbocycles. The Balaban J connectivity index is 3.87. The van der Waals surface area contributed by atoms with Crippen molar-refractivity contribution in [1.82, 2.24) is 0 Å². The van der Waals surface area contributed by atoms with E-state index in [0.29, 0.717) is 12.2 Å². The maximum Gasteiger partial charge on any atom is 0.244 e. The van der Waals surface area contributed by atoms with Crippen molar-refractivity contribution < 1.29 is 9.53 Å². The van der Waals surface area contributed by atoms with E-state index in [0.717, 1.165) is 6.42 Å². The van der Waals surface area contributed by atoms with Crippen LogP contribution in [0.15, 0.2) is 11.6 Å². The van der Waals surface area contributed by atoms with Gasteiger partial charge < -0.3 is 10.5 Å². The topological polar surface area (TPSA) is 52.3 Å². The Labute approximate surface area is 73.6 Å². The van der Waals surface area contributed by atoms with Gasteiger partial charge in [-0.15, -0.1) is 0 Å². The lowest BCUT2D eigenvalue weighted by Gasteiger charge is -2.07. The van der Waals surface area contributed by atoms with Crippen molar-refractivity contribution in [1.29, 1.82) is 0 Å². The van der Waals surface area contributed by atoms with Crippen molar-refractivity contribution >= 4 is 5.91 Å². The van der Waals surface area contributed by atoms with E-state index in [1.54, 1.807) is 13.0 Å². The van der Waals surface area contributed by atoms with E-state index >= 15 is 0 Å². The fourth-order valence-corrected chi connectivity index (χ4v) is 0.786. The lowest BCUT2D eigenvalue weighted by molar-refractivity contribution is -0.114. The molecular formula is C9H17NO2. The van der Waals surface area contributed by atoms with Crippen molar-refractivity contribution in [2.45, 2.75) is 33.3 Å². The summed E-state index contributed by atoms with van der Waals surface area (Å²) in [5.74, 6) is -0.387. The van der Waals surface area contributed by atoms with Gasteiger partial charge in [0.2, 0.25) is 5.91 Å². The van der Waals surface area contributed by atoms with Gasteiger partial charge in [-0.3, -0.25) is 4.79 Å². The van der Waals surface area contributed by atoms with E-state index in [2.05, 4.69) is 0 Å². The van der Waals surface area contributed by atoms with Gasteiger partial charge in [0.1, 0.15) is 0 Å². The highest BCUT2D eigenvalue weighted by atomic mass is 16.5. The van der Waals surface area contributed by atoms with Crippen LogP contribution in [0.3, 0.4) is 0 Å². The van der Waals surface area contributed by atoms with Gasteiger partial charge in [0.05, 0.1) is 6.10 Å². The van der Waals surface area contributed by atoms with Crippen LogP contribution in [0, 0.1) is 0 Å². The molecule has 0 saturated heterocycles. The number of carbonyl (C=O) groups excluding carboxylic acids is 1. The first-order valence-corrected chi connectivity index (χ1v) is 4.17. The molecule has 0 radical (unpaired) electrons. The molecule has 1 amide bonds. The largest absolute Gasteiger partial charge is 0.374 e. The molecule has 0 aromatic carbocycles. The van der Waals surface area contributed by atoms with Crippen LogP contribution in [0.1, 0.15) is 27.2 Å². The van der Waals surface area contributed by atoms with Gasteiger partial charge in [-0.1, -0.05) is 6.92 Å². The minimum absolute atomic E-state index is 0.0301. The summed E-state index contributed by atoms with van der Waals surface area (Å²) in [4.78, 5) is 10.6. The number of hydrogen-bond donors (Lipinski definition) is 1. The summed E-state index contributed by atoms with van der Waals surface area (Å²) in [7, 11) is 0. The van der Waals surface area contributed by atoms with E-state index < -0.39 is 0 Å². The van der Waals surface area contributed by atoms with Crippen LogP contribution < -0.4 is 5.73 Å². The van der Waals surface area contributed by atoms with Crippen LogP contribution in [0.4, 0.5) is 0 Å². The van der Waals surface area contributed by atoms with E-state index in [1.807, 2.05) is 13.8 Å². The summed E-state index contributed by atoms with van der Waals surface area (Å²) in [6, 6.07) is 0. The van der Waals surface area contributed by atoms with Crippen molar-refractivity contribution in [3.63, 3.8) is 0 Å². The molecule has 3 heteroatoms. The van der Waals surface area contributed by atoms with Crippen LogP contribution in [-0.4, -0.2) is 18.6 Å². The predicted molar refractivity (Wildman–Crippen MR) is 48.7 cm³/mol. The zero-order valence-corrected chi connectivity index (χ0v) is 7.96. The van der Waals surface area contributed by atoms with E-state index in [1.165, 1.54) is 0 Å². The average Bonchev–Trinajstić information content (AvgIpc) is 2.00. The minimum Gasteiger partial charge on any atom is -0.374 e. The lowest BCUT2D eigenvalue weighted by Crippen LogP contribution is -2.15. The maximum absolute atomic E-state index is 10.6. The molecule has 0 fully saturated rings. The first kappa shape index (κ1) is 11.2. The Hall–Kier alpha value is -0.830. The number of carbonyl (C=O) groups is 1. The molecule has 0 aliphatic heterocycles. The van der Waals surface area contributed by atoms with Crippen LogP contribution >= 0.6 is 0 Å². The van der Waals surface area contributed by atoms with Crippen molar-refractivity contribution in [3.8, 4) is 0 Å². The number of ether oxygens (including phenoxy) is 1. The summed E-state index contributed by atoms with van der Waals surface area (Å²) >= 11 is 0. The number of amides is 1. The number of rotatable bonds is 5. The highest BCUT2D eigenvalue weighted by molar-refractivity contribution is 5.91. The molecule has 70 valence electrons. The summed E-state index contributed by atoms with van der Waals surface area (Å²) in [6.45, 7) is 6.33. The quantitative estimate of drug-likeness (QED) is 0.632.